The van der Waals surface area contributed by atoms with E-state index >= 15 is 0 Å². The lowest BCUT2D eigenvalue weighted by Gasteiger charge is -2.29. The topological polar surface area (TPSA) is 108 Å². The van der Waals surface area contributed by atoms with Crippen LogP contribution in [0.2, 0.25) is 0 Å². The van der Waals surface area contributed by atoms with Crippen molar-refractivity contribution in [1.82, 2.24) is 5.32 Å². The molecule has 0 bridgehead atoms. The van der Waals surface area contributed by atoms with Crippen LogP contribution in [0.1, 0.15) is 42.3 Å². The van der Waals surface area contributed by atoms with Gasteiger partial charge < -0.3 is 14.8 Å². The molecule has 0 aliphatic rings. The van der Waals surface area contributed by atoms with Crippen molar-refractivity contribution in [3.05, 3.63) is 102 Å². The molecule has 9 heteroatoms. The number of amides is 1. The Hall–Kier alpha value is -3.69. The Morgan fingerprint density at radius 2 is 1.45 bits per heavy atom. The summed E-state index contributed by atoms with van der Waals surface area (Å²) in [5, 5.41) is 2.73. The van der Waals surface area contributed by atoms with Gasteiger partial charge in [-0.3, -0.25) is 4.18 Å². The quantitative estimate of drug-likeness (QED) is 0.283. The van der Waals surface area contributed by atoms with Crippen LogP contribution in [0, 0.1) is 6.92 Å². The van der Waals surface area contributed by atoms with Crippen LogP contribution in [0.3, 0.4) is 0 Å². The number of aryl methyl sites for hydroxylation is 1. The Morgan fingerprint density at radius 3 is 2.03 bits per heavy atom. The van der Waals surface area contributed by atoms with Gasteiger partial charge in [0, 0.05) is 0 Å². The van der Waals surface area contributed by atoms with Gasteiger partial charge >= 0.3 is 12.1 Å². The summed E-state index contributed by atoms with van der Waals surface area (Å²) in [6.07, 6.45) is -1.83. The molecule has 38 heavy (non-hydrogen) atoms. The first-order valence-electron chi connectivity index (χ1n) is 12.2. The first kappa shape index (κ1) is 28.9. The fraction of sp³-hybridized carbons (Fsp3) is 0.310. The van der Waals surface area contributed by atoms with Crippen LogP contribution in [0.25, 0.3) is 0 Å². The van der Waals surface area contributed by atoms with Gasteiger partial charge in [-0.2, -0.15) is 8.42 Å². The maximum absolute atomic E-state index is 13.2. The van der Waals surface area contributed by atoms with Crippen molar-refractivity contribution in [3.63, 3.8) is 0 Å². The van der Waals surface area contributed by atoms with Crippen LogP contribution in [0.4, 0.5) is 4.79 Å². The predicted molar refractivity (Wildman–Crippen MR) is 143 cm³/mol. The fourth-order valence-corrected chi connectivity index (χ4v) is 4.65. The van der Waals surface area contributed by atoms with Gasteiger partial charge in [-0.15, -0.1) is 0 Å². The maximum Gasteiger partial charge on any atom is 0.407 e. The highest BCUT2D eigenvalue weighted by Gasteiger charge is 2.33. The molecule has 3 aromatic carbocycles. The molecule has 0 fully saturated rings. The van der Waals surface area contributed by atoms with E-state index in [2.05, 4.69) is 5.32 Å². The van der Waals surface area contributed by atoms with Crippen molar-refractivity contribution in [1.29, 1.82) is 0 Å². The minimum atomic E-state index is -4.28. The zero-order chi connectivity index (χ0) is 27.8. The highest BCUT2D eigenvalue weighted by atomic mass is 32.2. The number of carbonyl (C=O) groups is 2. The molecule has 0 aliphatic heterocycles. The third-order valence-electron chi connectivity index (χ3n) is 5.40. The first-order chi connectivity index (χ1) is 17.9. The van der Waals surface area contributed by atoms with Gasteiger partial charge in [0.25, 0.3) is 10.1 Å². The molecule has 0 heterocycles. The SMILES string of the molecule is Cc1ccc(S(=O)(=O)O[C@@H](COC(=O)c2ccccc2)[C@H](Cc2ccccc2)NC(=O)OC(C)(C)C)cc1. The molecule has 3 rings (SSSR count). The van der Waals surface area contributed by atoms with Gasteiger partial charge in [0.1, 0.15) is 18.3 Å². The Kier molecular flexibility index (Phi) is 9.66. The molecule has 0 saturated heterocycles. The summed E-state index contributed by atoms with van der Waals surface area (Å²) in [7, 11) is -4.28. The lowest BCUT2D eigenvalue weighted by atomic mass is 10.0. The molecule has 0 aliphatic carbocycles. The normalized spacial score (nSPS) is 13.3. The van der Waals surface area contributed by atoms with E-state index in [4.69, 9.17) is 13.7 Å². The summed E-state index contributed by atoms with van der Waals surface area (Å²) in [5.41, 5.74) is 1.20. The molecular weight excluding hydrogens is 506 g/mol. The van der Waals surface area contributed by atoms with E-state index in [1.165, 1.54) is 12.1 Å². The van der Waals surface area contributed by atoms with E-state index < -0.39 is 46.5 Å². The fourth-order valence-electron chi connectivity index (χ4n) is 3.55. The number of hydrogen-bond donors (Lipinski definition) is 1. The second kappa shape index (κ2) is 12.7. The molecule has 2 atom stereocenters. The van der Waals surface area contributed by atoms with Crippen molar-refractivity contribution >= 4 is 22.2 Å². The first-order valence-corrected chi connectivity index (χ1v) is 13.6. The summed E-state index contributed by atoms with van der Waals surface area (Å²) >= 11 is 0. The zero-order valence-electron chi connectivity index (χ0n) is 21.9. The largest absolute Gasteiger partial charge is 0.459 e. The third kappa shape index (κ3) is 9.00. The number of esters is 1. The van der Waals surface area contributed by atoms with Crippen LogP contribution < -0.4 is 5.32 Å². The lowest BCUT2D eigenvalue weighted by molar-refractivity contribution is 0.0195. The van der Waals surface area contributed by atoms with Crippen LogP contribution in [-0.2, 0) is 30.2 Å². The van der Waals surface area contributed by atoms with Crippen molar-refractivity contribution in [2.75, 3.05) is 6.61 Å². The second-order valence-corrected chi connectivity index (χ2v) is 11.4. The monoisotopic (exact) mass is 539 g/mol. The average molecular weight is 540 g/mol. The molecule has 0 radical (unpaired) electrons. The summed E-state index contributed by atoms with van der Waals surface area (Å²) in [4.78, 5) is 25.4. The van der Waals surface area contributed by atoms with Gasteiger partial charge in [-0.1, -0.05) is 66.2 Å². The number of carbonyl (C=O) groups excluding carboxylic acids is 2. The number of rotatable bonds is 10. The minimum absolute atomic E-state index is 0.0572. The van der Waals surface area contributed by atoms with E-state index in [9.17, 15) is 18.0 Å². The van der Waals surface area contributed by atoms with Crippen LogP contribution >= 0.6 is 0 Å². The van der Waals surface area contributed by atoms with Crippen LogP contribution in [0.15, 0.2) is 89.8 Å². The van der Waals surface area contributed by atoms with Crippen molar-refractivity contribution in [2.24, 2.45) is 0 Å². The summed E-state index contributed by atoms with van der Waals surface area (Å²) < 4.78 is 43.0. The maximum atomic E-state index is 13.2. The molecule has 0 spiro atoms. The Labute approximate surface area is 224 Å². The number of nitrogens with one attached hydrogen (secondary N) is 1. The number of ether oxygens (including phenoxy) is 2. The smallest absolute Gasteiger partial charge is 0.407 e. The average Bonchev–Trinajstić information content (AvgIpc) is 2.86. The van der Waals surface area contributed by atoms with E-state index in [0.717, 1.165) is 11.1 Å². The third-order valence-corrected chi connectivity index (χ3v) is 6.75. The number of alkyl carbamates (subject to hydrolysis) is 1. The van der Waals surface area contributed by atoms with Crippen molar-refractivity contribution in [3.8, 4) is 0 Å². The molecule has 1 amide bonds. The second-order valence-electron chi connectivity index (χ2n) is 9.81. The zero-order valence-corrected chi connectivity index (χ0v) is 22.7. The summed E-state index contributed by atoms with van der Waals surface area (Å²) in [6, 6.07) is 22.7. The van der Waals surface area contributed by atoms with E-state index in [-0.39, 0.29) is 11.3 Å². The number of benzene rings is 3. The lowest BCUT2D eigenvalue weighted by Crippen LogP contribution is -2.50. The number of hydrogen-bond acceptors (Lipinski definition) is 7. The highest BCUT2D eigenvalue weighted by Crippen LogP contribution is 2.20. The van der Waals surface area contributed by atoms with E-state index in [0.29, 0.717) is 5.56 Å². The van der Waals surface area contributed by atoms with Crippen LogP contribution in [-0.4, -0.2) is 44.8 Å². The molecule has 8 nitrogen and oxygen atoms in total. The predicted octanol–water partition coefficient (Wildman–Crippen LogP) is 5.06. The van der Waals surface area contributed by atoms with Crippen molar-refractivity contribution in [2.45, 2.75) is 56.8 Å². The van der Waals surface area contributed by atoms with Gasteiger partial charge in [0.05, 0.1) is 16.5 Å². The van der Waals surface area contributed by atoms with E-state index in [1.807, 2.05) is 37.3 Å². The summed E-state index contributed by atoms with van der Waals surface area (Å²) in [5.74, 6) is -0.650. The molecule has 3 aromatic rings. The molecule has 0 unspecified atom stereocenters. The molecule has 0 aromatic heterocycles. The standard InChI is InChI=1S/C29H33NO7S/c1-21-15-17-24(18-16-21)38(33,34)37-26(20-35-27(31)23-13-9-6-10-14-23)25(19-22-11-7-5-8-12-22)30-28(32)36-29(2,3)4/h5-18,25-26H,19-20H2,1-4H3,(H,30,32)/t25-,26-/m0/s1. The molecule has 202 valence electrons. The highest BCUT2D eigenvalue weighted by molar-refractivity contribution is 7.86. The Balaban J connectivity index is 1.93. The summed E-state index contributed by atoms with van der Waals surface area (Å²) in [6.45, 7) is 6.55. The molecule has 0 saturated carbocycles. The Morgan fingerprint density at radius 1 is 0.868 bits per heavy atom. The van der Waals surface area contributed by atoms with Gasteiger partial charge in [0.15, 0.2) is 0 Å². The molecular formula is C29H33NO7S. The van der Waals surface area contributed by atoms with Crippen LogP contribution in [0.5, 0.6) is 0 Å². The van der Waals surface area contributed by atoms with Gasteiger partial charge in [-0.25, -0.2) is 9.59 Å². The Bertz CT molecular complexity index is 1300. The van der Waals surface area contributed by atoms with E-state index in [1.54, 1.807) is 63.2 Å². The van der Waals surface area contributed by atoms with Gasteiger partial charge in [-0.05, 0) is 63.9 Å². The van der Waals surface area contributed by atoms with Crippen molar-refractivity contribution < 1.29 is 31.7 Å². The minimum Gasteiger partial charge on any atom is -0.459 e. The molecule has 1 N–H and O–H groups in total. The van der Waals surface area contributed by atoms with Gasteiger partial charge in [0.2, 0.25) is 0 Å².